The third kappa shape index (κ3) is 1.35. The van der Waals surface area contributed by atoms with E-state index in [9.17, 15) is 0 Å². The SMILES string of the molecule is COc1ccc2ncc3c(I)n[nH]c3c2c1. The van der Waals surface area contributed by atoms with Crippen LogP contribution in [0.2, 0.25) is 0 Å². The van der Waals surface area contributed by atoms with Crippen LogP contribution < -0.4 is 4.74 Å². The smallest absolute Gasteiger partial charge is 0.132 e. The van der Waals surface area contributed by atoms with Crippen molar-refractivity contribution in [2.24, 2.45) is 0 Å². The number of H-pyrrole nitrogens is 1. The van der Waals surface area contributed by atoms with Gasteiger partial charge < -0.3 is 4.74 Å². The molecule has 0 aliphatic rings. The summed E-state index contributed by atoms with van der Waals surface area (Å²) in [6.07, 6.45) is 1.84. The van der Waals surface area contributed by atoms with Gasteiger partial charge in [0.15, 0.2) is 0 Å². The average Bonchev–Trinajstić information content (AvgIpc) is 2.71. The van der Waals surface area contributed by atoms with E-state index in [1.165, 1.54) is 0 Å². The number of rotatable bonds is 1. The molecule has 2 aromatic heterocycles. The predicted octanol–water partition coefficient (Wildman–Crippen LogP) is 2.72. The molecule has 0 spiro atoms. The molecule has 0 saturated carbocycles. The second kappa shape index (κ2) is 3.58. The van der Waals surface area contributed by atoms with E-state index in [4.69, 9.17) is 4.74 Å². The molecule has 80 valence electrons. The molecule has 16 heavy (non-hydrogen) atoms. The normalized spacial score (nSPS) is 11.1. The lowest BCUT2D eigenvalue weighted by atomic mass is 10.1. The predicted molar refractivity (Wildman–Crippen MR) is 70.7 cm³/mol. The molecule has 0 bridgehead atoms. The fourth-order valence-electron chi connectivity index (χ4n) is 1.74. The van der Waals surface area contributed by atoms with Gasteiger partial charge in [-0.05, 0) is 40.8 Å². The molecule has 5 heteroatoms. The molecule has 3 rings (SSSR count). The van der Waals surface area contributed by atoms with E-state index in [-0.39, 0.29) is 0 Å². The van der Waals surface area contributed by atoms with Gasteiger partial charge in [-0.1, -0.05) is 0 Å². The first-order chi connectivity index (χ1) is 7.79. The zero-order valence-corrected chi connectivity index (χ0v) is 10.6. The van der Waals surface area contributed by atoms with Crippen molar-refractivity contribution in [3.63, 3.8) is 0 Å². The van der Waals surface area contributed by atoms with E-state index < -0.39 is 0 Å². The summed E-state index contributed by atoms with van der Waals surface area (Å²) >= 11 is 2.19. The van der Waals surface area contributed by atoms with Crippen molar-refractivity contribution < 1.29 is 4.74 Å². The van der Waals surface area contributed by atoms with Crippen molar-refractivity contribution >= 4 is 44.4 Å². The molecule has 4 nitrogen and oxygen atoms in total. The van der Waals surface area contributed by atoms with E-state index in [1.807, 2.05) is 24.4 Å². The number of halogens is 1. The number of nitrogens with one attached hydrogen (secondary N) is 1. The molecule has 0 saturated heterocycles. The largest absolute Gasteiger partial charge is 0.497 e. The maximum Gasteiger partial charge on any atom is 0.132 e. The lowest BCUT2D eigenvalue weighted by molar-refractivity contribution is 0.415. The van der Waals surface area contributed by atoms with Crippen LogP contribution in [0.4, 0.5) is 0 Å². The van der Waals surface area contributed by atoms with Crippen molar-refractivity contribution in [3.05, 3.63) is 28.1 Å². The van der Waals surface area contributed by atoms with Gasteiger partial charge in [0.1, 0.15) is 9.45 Å². The third-order valence-corrected chi connectivity index (χ3v) is 3.39. The van der Waals surface area contributed by atoms with Crippen molar-refractivity contribution in [2.75, 3.05) is 7.11 Å². The molecule has 2 heterocycles. The number of methoxy groups -OCH3 is 1. The van der Waals surface area contributed by atoms with E-state index in [2.05, 4.69) is 37.8 Å². The van der Waals surface area contributed by atoms with Crippen LogP contribution >= 0.6 is 22.6 Å². The molecular weight excluding hydrogens is 317 g/mol. The Labute approximate surface area is 105 Å². The maximum absolute atomic E-state index is 5.21. The number of nitrogens with zero attached hydrogens (tertiary/aromatic N) is 2. The summed E-state index contributed by atoms with van der Waals surface area (Å²) in [5, 5.41) is 9.29. The monoisotopic (exact) mass is 325 g/mol. The third-order valence-electron chi connectivity index (χ3n) is 2.56. The Kier molecular flexibility index (Phi) is 2.20. The van der Waals surface area contributed by atoms with E-state index in [1.54, 1.807) is 7.11 Å². The molecule has 0 aliphatic carbocycles. The molecule has 0 amide bonds. The minimum atomic E-state index is 0.825. The van der Waals surface area contributed by atoms with Crippen LogP contribution in [0.3, 0.4) is 0 Å². The highest BCUT2D eigenvalue weighted by atomic mass is 127. The minimum absolute atomic E-state index is 0.825. The number of pyridine rings is 1. The highest BCUT2D eigenvalue weighted by Gasteiger charge is 2.08. The maximum atomic E-state index is 5.21. The molecule has 1 aromatic carbocycles. The fraction of sp³-hybridized carbons (Fsp3) is 0.0909. The summed E-state index contributed by atoms with van der Waals surface area (Å²) in [6.45, 7) is 0. The van der Waals surface area contributed by atoms with Crippen LogP contribution in [-0.2, 0) is 0 Å². The first kappa shape index (κ1) is 9.83. The molecule has 0 atom stereocenters. The van der Waals surface area contributed by atoms with Crippen LogP contribution in [0.15, 0.2) is 24.4 Å². The van der Waals surface area contributed by atoms with Crippen molar-refractivity contribution in [1.29, 1.82) is 0 Å². The van der Waals surface area contributed by atoms with E-state index in [0.717, 1.165) is 31.3 Å². The quantitative estimate of drug-likeness (QED) is 0.700. The van der Waals surface area contributed by atoms with E-state index in [0.29, 0.717) is 0 Å². The Morgan fingerprint density at radius 3 is 3.00 bits per heavy atom. The van der Waals surface area contributed by atoms with Crippen molar-refractivity contribution in [2.45, 2.75) is 0 Å². The standard InChI is InChI=1S/C11H8IN3O/c1-16-6-2-3-9-7(4-6)10-8(5-13-9)11(12)15-14-10/h2-5H,1H3,(H,14,15). The Balaban J connectivity index is 2.47. The van der Waals surface area contributed by atoms with Gasteiger partial charge in [-0.2, -0.15) is 5.10 Å². The number of aromatic nitrogens is 3. The number of aromatic amines is 1. The summed E-state index contributed by atoms with van der Waals surface area (Å²) < 4.78 is 6.15. The van der Waals surface area contributed by atoms with Gasteiger partial charge in [0.2, 0.25) is 0 Å². The minimum Gasteiger partial charge on any atom is -0.497 e. The van der Waals surface area contributed by atoms with Crippen LogP contribution in [-0.4, -0.2) is 22.3 Å². The molecule has 1 N–H and O–H groups in total. The van der Waals surface area contributed by atoms with Crippen molar-refractivity contribution in [1.82, 2.24) is 15.2 Å². The summed E-state index contributed by atoms with van der Waals surface area (Å²) in [5.41, 5.74) is 1.95. The summed E-state index contributed by atoms with van der Waals surface area (Å²) in [7, 11) is 1.66. The fourth-order valence-corrected chi connectivity index (χ4v) is 2.27. The van der Waals surface area contributed by atoms with Crippen molar-refractivity contribution in [3.8, 4) is 5.75 Å². The Morgan fingerprint density at radius 1 is 1.31 bits per heavy atom. The Bertz CT molecular complexity index is 677. The van der Waals surface area contributed by atoms with Gasteiger partial charge in [0, 0.05) is 11.6 Å². The Morgan fingerprint density at radius 2 is 2.19 bits per heavy atom. The van der Waals surface area contributed by atoms with Gasteiger partial charge in [-0.15, -0.1) is 0 Å². The zero-order chi connectivity index (χ0) is 11.1. The number of hydrogen-bond donors (Lipinski definition) is 1. The number of hydrogen-bond acceptors (Lipinski definition) is 3. The van der Waals surface area contributed by atoms with Crippen LogP contribution in [0.5, 0.6) is 5.75 Å². The molecule has 0 unspecified atom stereocenters. The second-order valence-electron chi connectivity index (χ2n) is 3.44. The number of benzene rings is 1. The van der Waals surface area contributed by atoms with Crippen LogP contribution in [0.1, 0.15) is 0 Å². The van der Waals surface area contributed by atoms with Gasteiger partial charge in [0.25, 0.3) is 0 Å². The summed E-state index contributed by atoms with van der Waals surface area (Å²) in [4.78, 5) is 4.40. The summed E-state index contributed by atoms with van der Waals surface area (Å²) in [6, 6.07) is 5.82. The molecular formula is C11H8IN3O. The van der Waals surface area contributed by atoms with Gasteiger partial charge in [-0.25, -0.2) is 0 Å². The highest BCUT2D eigenvalue weighted by molar-refractivity contribution is 14.1. The number of ether oxygens (including phenoxy) is 1. The average molecular weight is 325 g/mol. The second-order valence-corrected chi connectivity index (χ2v) is 4.47. The van der Waals surface area contributed by atoms with Gasteiger partial charge in [-0.3, -0.25) is 10.1 Å². The zero-order valence-electron chi connectivity index (χ0n) is 8.49. The lowest BCUT2D eigenvalue weighted by Gasteiger charge is -2.02. The molecule has 0 fully saturated rings. The van der Waals surface area contributed by atoms with E-state index >= 15 is 0 Å². The highest BCUT2D eigenvalue weighted by Crippen LogP contribution is 2.27. The van der Waals surface area contributed by atoms with Crippen LogP contribution in [0.25, 0.3) is 21.8 Å². The van der Waals surface area contributed by atoms with Crippen LogP contribution in [0, 0.1) is 3.70 Å². The lowest BCUT2D eigenvalue weighted by Crippen LogP contribution is -1.85. The topological polar surface area (TPSA) is 50.8 Å². The summed E-state index contributed by atoms with van der Waals surface area (Å²) in [5.74, 6) is 0.825. The molecule has 0 radical (unpaired) electrons. The Hall–Kier alpha value is -1.37. The van der Waals surface area contributed by atoms with Gasteiger partial charge >= 0.3 is 0 Å². The number of fused-ring (bicyclic) bond motifs is 3. The molecule has 3 aromatic rings. The first-order valence-electron chi connectivity index (χ1n) is 4.76. The molecule has 0 aliphatic heterocycles. The van der Waals surface area contributed by atoms with Gasteiger partial charge in [0.05, 0.1) is 23.5 Å². The first-order valence-corrected chi connectivity index (χ1v) is 5.84.